The summed E-state index contributed by atoms with van der Waals surface area (Å²) in [6.07, 6.45) is 6.23. The van der Waals surface area contributed by atoms with Crippen LogP contribution >= 0.6 is 0 Å². The summed E-state index contributed by atoms with van der Waals surface area (Å²) in [6.45, 7) is 4.37. The van der Waals surface area contributed by atoms with Crippen molar-refractivity contribution in [3.63, 3.8) is 0 Å². The van der Waals surface area contributed by atoms with Crippen molar-refractivity contribution in [1.29, 1.82) is 0 Å². The van der Waals surface area contributed by atoms with E-state index in [1.54, 1.807) is 6.33 Å². The van der Waals surface area contributed by atoms with Gasteiger partial charge in [-0.1, -0.05) is 13.3 Å². The predicted molar refractivity (Wildman–Crippen MR) is 84.5 cm³/mol. The molecule has 5 nitrogen and oxygen atoms in total. The van der Waals surface area contributed by atoms with E-state index < -0.39 is 0 Å². The molecule has 1 aromatic heterocycles. The molecule has 0 saturated carbocycles. The molecule has 0 aromatic carbocycles. The summed E-state index contributed by atoms with van der Waals surface area (Å²) < 4.78 is 0. The van der Waals surface area contributed by atoms with Crippen LogP contribution in [0.5, 0.6) is 0 Å². The predicted octanol–water partition coefficient (Wildman–Crippen LogP) is 2.00. The number of nitrogens with zero attached hydrogens (tertiary/aromatic N) is 4. The van der Waals surface area contributed by atoms with E-state index in [2.05, 4.69) is 46.1 Å². The van der Waals surface area contributed by atoms with Crippen LogP contribution in [-0.4, -0.2) is 55.1 Å². The van der Waals surface area contributed by atoms with E-state index in [9.17, 15) is 0 Å². The van der Waals surface area contributed by atoms with Gasteiger partial charge in [-0.25, -0.2) is 9.97 Å². The first-order valence-electron chi connectivity index (χ1n) is 7.60. The van der Waals surface area contributed by atoms with E-state index in [1.807, 2.05) is 7.05 Å². The summed E-state index contributed by atoms with van der Waals surface area (Å²) in [7, 11) is 6.28. The normalized spacial score (nSPS) is 16.8. The molecule has 1 aliphatic rings. The molecule has 1 aromatic rings. The molecule has 0 amide bonds. The lowest BCUT2D eigenvalue weighted by Gasteiger charge is -2.36. The largest absolute Gasteiger partial charge is 0.373 e. The van der Waals surface area contributed by atoms with Crippen molar-refractivity contribution < 1.29 is 0 Å². The van der Waals surface area contributed by atoms with Crippen LogP contribution in [0.4, 0.5) is 11.6 Å². The molecule has 5 heteroatoms. The summed E-state index contributed by atoms with van der Waals surface area (Å²) in [4.78, 5) is 13.7. The van der Waals surface area contributed by atoms with Crippen molar-refractivity contribution in [2.45, 2.75) is 38.6 Å². The smallest absolute Gasteiger partial charge is 0.137 e. The van der Waals surface area contributed by atoms with Gasteiger partial charge in [0.2, 0.25) is 0 Å². The molecule has 20 heavy (non-hydrogen) atoms. The fourth-order valence-electron chi connectivity index (χ4n) is 2.97. The summed E-state index contributed by atoms with van der Waals surface area (Å²) in [5.74, 6) is 2.11. The van der Waals surface area contributed by atoms with Gasteiger partial charge in [-0.15, -0.1) is 0 Å². The van der Waals surface area contributed by atoms with E-state index in [4.69, 9.17) is 0 Å². The van der Waals surface area contributed by atoms with Crippen LogP contribution in [0.25, 0.3) is 0 Å². The number of hydrogen-bond donors (Lipinski definition) is 1. The maximum absolute atomic E-state index is 4.56. The zero-order chi connectivity index (χ0) is 14.5. The fourth-order valence-corrected chi connectivity index (χ4v) is 2.97. The third kappa shape index (κ3) is 3.20. The number of hydrogen-bond acceptors (Lipinski definition) is 5. The maximum atomic E-state index is 4.56. The van der Waals surface area contributed by atoms with Crippen LogP contribution in [0.1, 0.15) is 31.7 Å². The minimum atomic E-state index is 0.700. The van der Waals surface area contributed by atoms with Crippen molar-refractivity contribution in [3.05, 3.63) is 11.9 Å². The van der Waals surface area contributed by atoms with Crippen LogP contribution in [0.3, 0.4) is 0 Å². The number of aromatic nitrogens is 2. The van der Waals surface area contributed by atoms with Crippen molar-refractivity contribution >= 4 is 11.6 Å². The molecule has 2 rings (SSSR count). The highest BCUT2D eigenvalue weighted by molar-refractivity contribution is 5.58. The molecule has 0 atom stereocenters. The molecular weight excluding hydrogens is 250 g/mol. The third-order valence-electron chi connectivity index (χ3n) is 4.15. The van der Waals surface area contributed by atoms with Crippen molar-refractivity contribution in [2.24, 2.45) is 0 Å². The molecule has 1 saturated heterocycles. The highest BCUT2D eigenvalue weighted by atomic mass is 15.2. The summed E-state index contributed by atoms with van der Waals surface area (Å²) in [5, 5.41) is 3.20. The van der Waals surface area contributed by atoms with Gasteiger partial charge >= 0.3 is 0 Å². The topological polar surface area (TPSA) is 44.3 Å². The molecule has 1 aliphatic heterocycles. The van der Waals surface area contributed by atoms with Crippen LogP contribution in [0.2, 0.25) is 0 Å². The Morgan fingerprint density at radius 1 is 1.30 bits per heavy atom. The first kappa shape index (κ1) is 15.0. The molecule has 0 radical (unpaired) electrons. The van der Waals surface area contributed by atoms with E-state index in [1.165, 1.54) is 18.4 Å². The Hall–Kier alpha value is -1.36. The minimum Gasteiger partial charge on any atom is -0.373 e. The summed E-state index contributed by atoms with van der Waals surface area (Å²) >= 11 is 0. The van der Waals surface area contributed by atoms with Crippen LogP contribution in [0.15, 0.2) is 6.33 Å². The minimum absolute atomic E-state index is 0.700. The van der Waals surface area contributed by atoms with Gasteiger partial charge in [0, 0.05) is 31.7 Å². The molecule has 0 spiro atoms. The van der Waals surface area contributed by atoms with Gasteiger partial charge in [-0.2, -0.15) is 0 Å². The number of anilines is 2. The zero-order valence-corrected chi connectivity index (χ0v) is 13.2. The van der Waals surface area contributed by atoms with Crippen LogP contribution < -0.4 is 10.2 Å². The number of piperidine rings is 1. The van der Waals surface area contributed by atoms with Gasteiger partial charge < -0.3 is 15.1 Å². The first-order valence-corrected chi connectivity index (χ1v) is 7.60. The number of rotatable bonds is 5. The Labute approximate surface area is 122 Å². The fraction of sp³-hybridized carbons (Fsp3) is 0.733. The van der Waals surface area contributed by atoms with Crippen molar-refractivity contribution in [1.82, 2.24) is 14.9 Å². The SMILES string of the molecule is CCCc1c(NC)ncnc1N1CCC(N(C)C)CC1. The molecule has 2 heterocycles. The summed E-state index contributed by atoms with van der Waals surface area (Å²) in [6, 6.07) is 0.700. The standard InChI is InChI=1S/C15H27N5/c1-5-6-13-14(16-2)17-11-18-15(13)20-9-7-12(8-10-20)19(3)4/h11-12H,5-10H2,1-4H3,(H,16,17,18). The second-order valence-corrected chi connectivity index (χ2v) is 5.71. The zero-order valence-electron chi connectivity index (χ0n) is 13.2. The first-order chi connectivity index (χ1) is 9.67. The average molecular weight is 277 g/mol. The molecule has 1 N–H and O–H groups in total. The monoisotopic (exact) mass is 277 g/mol. The Morgan fingerprint density at radius 3 is 2.55 bits per heavy atom. The van der Waals surface area contributed by atoms with E-state index in [0.717, 1.165) is 37.6 Å². The quantitative estimate of drug-likeness (QED) is 0.892. The van der Waals surface area contributed by atoms with Crippen molar-refractivity contribution in [3.8, 4) is 0 Å². The Kier molecular flexibility index (Phi) is 5.17. The second-order valence-electron chi connectivity index (χ2n) is 5.71. The maximum Gasteiger partial charge on any atom is 0.137 e. The Morgan fingerprint density at radius 2 is 2.00 bits per heavy atom. The van der Waals surface area contributed by atoms with Gasteiger partial charge in [0.15, 0.2) is 0 Å². The molecule has 1 fully saturated rings. The van der Waals surface area contributed by atoms with Gasteiger partial charge in [0.25, 0.3) is 0 Å². The molecular formula is C15H27N5. The second kappa shape index (κ2) is 6.88. The molecule has 0 aliphatic carbocycles. The van der Waals surface area contributed by atoms with Gasteiger partial charge in [-0.3, -0.25) is 0 Å². The third-order valence-corrected chi connectivity index (χ3v) is 4.15. The number of nitrogens with one attached hydrogen (secondary N) is 1. The Bertz CT molecular complexity index is 424. The van der Waals surface area contributed by atoms with E-state index in [-0.39, 0.29) is 0 Å². The van der Waals surface area contributed by atoms with Gasteiger partial charge in [0.1, 0.15) is 18.0 Å². The van der Waals surface area contributed by atoms with Gasteiger partial charge in [0.05, 0.1) is 0 Å². The lowest BCUT2D eigenvalue weighted by atomic mass is 10.0. The van der Waals surface area contributed by atoms with E-state index in [0.29, 0.717) is 6.04 Å². The highest BCUT2D eigenvalue weighted by Crippen LogP contribution is 2.27. The lowest BCUT2D eigenvalue weighted by molar-refractivity contribution is 0.249. The van der Waals surface area contributed by atoms with Crippen LogP contribution in [0, 0.1) is 0 Å². The molecule has 112 valence electrons. The van der Waals surface area contributed by atoms with Gasteiger partial charge in [-0.05, 0) is 33.4 Å². The van der Waals surface area contributed by atoms with Crippen LogP contribution in [-0.2, 0) is 6.42 Å². The summed E-state index contributed by atoms with van der Waals surface area (Å²) in [5.41, 5.74) is 1.26. The average Bonchev–Trinajstić information content (AvgIpc) is 2.48. The molecule has 0 bridgehead atoms. The van der Waals surface area contributed by atoms with Crippen molar-refractivity contribution in [2.75, 3.05) is 44.4 Å². The van der Waals surface area contributed by atoms with E-state index >= 15 is 0 Å². The Balaban J connectivity index is 2.16. The lowest BCUT2D eigenvalue weighted by Crippen LogP contribution is -2.42. The highest BCUT2D eigenvalue weighted by Gasteiger charge is 2.23. The molecule has 0 unspecified atom stereocenters.